The lowest BCUT2D eigenvalue weighted by molar-refractivity contribution is -0.126. The van der Waals surface area contributed by atoms with Crippen LogP contribution in [0.1, 0.15) is 29.7 Å². The SMILES string of the molecule is CCC1CN(Cc2cnc(C)s2)CCC1=O. The van der Waals surface area contributed by atoms with E-state index in [0.29, 0.717) is 5.78 Å². The summed E-state index contributed by atoms with van der Waals surface area (Å²) in [5, 5.41) is 1.12. The maximum absolute atomic E-state index is 11.6. The van der Waals surface area contributed by atoms with E-state index >= 15 is 0 Å². The third-order valence-electron chi connectivity index (χ3n) is 3.15. The van der Waals surface area contributed by atoms with Crippen molar-refractivity contribution in [3.63, 3.8) is 0 Å². The van der Waals surface area contributed by atoms with Crippen LogP contribution in [0.5, 0.6) is 0 Å². The Morgan fingerprint density at radius 1 is 1.62 bits per heavy atom. The number of likely N-dealkylation sites (tertiary alicyclic amines) is 1. The van der Waals surface area contributed by atoms with Gasteiger partial charge in [-0.25, -0.2) is 4.98 Å². The van der Waals surface area contributed by atoms with Gasteiger partial charge in [-0.1, -0.05) is 6.92 Å². The van der Waals surface area contributed by atoms with Crippen LogP contribution in [-0.4, -0.2) is 28.8 Å². The molecule has 2 rings (SSSR count). The molecule has 88 valence electrons. The van der Waals surface area contributed by atoms with Gasteiger partial charge in [0.25, 0.3) is 0 Å². The summed E-state index contributed by atoms with van der Waals surface area (Å²) in [5.74, 6) is 0.696. The van der Waals surface area contributed by atoms with Crippen LogP contribution in [-0.2, 0) is 11.3 Å². The molecule has 1 atom stereocenters. The van der Waals surface area contributed by atoms with E-state index in [1.54, 1.807) is 11.3 Å². The van der Waals surface area contributed by atoms with E-state index in [9.17, 15) is 4.79 Å². The van der Waals surface area contributed by atoms with Gasteiger partial charge in [-0.05, 0) is 13.3 Å². The molecule has 4 heteroatoms. The van der Waals surface area contributed by atoms with Crippen LogP contribution < -0.4 is 0 Å². The first-order chi connectivity index (χ1) is 7.69. The van der Waals surface area contributed by atoms with E-state index in [2.05, 4.69) is 16.8 Å². The molecule has 2 heterocycles. The predicted molar refractivity (Wildman–Crippen MR) is 65.5 cm³/mol. The standard InChI is InChI=1S/C12H18N2OS/c1-3-10-7-14(5-4-12(10)15)8-11-6-13-9(2)16-11/h6,10H,3-5,7-8H2,1-2H3. The molecule has 0 bridgehead atoms. The second-order valence-corrected chi connectivity index (χ2v) is 5.72. The maximum atomic E-state index is 11.6. The van der Waals surface area contributed by atoms with Crippen molar-refractivity contribution >= 4 is 17.1 Å². The Kier molecular flexibility index (Phi) is 3.71. The lowest BCUT2D eigenvalue weighted by atomic mass is 9.94. The summed E-state index contributed by atoms with van der Waals surface area (Å²) in [6, 6.07) is 0. The van der Waals surface area contributed by atoms with Gasteiger partial charge in [0.15, 0.2) is 0 Å². The van der Waals surface area contributed by atoms with E-state index in [0.717, 1.165) is 37.5 Å². The highest BCUT2D eigenvalue weighted by molar-refractivity contribution is 7.11. The van der Waals surface area contributed by atoms with E-state index in [-0.39, 0.29) is 5.92 Å². The molecule has 0 spiro atoms. The molecule has 1 aliphatic rings. The summed E-state index contributed by atoms with van der Waals surface area (Å²) < 4.78 is 0. The fraction of sp³-hybridized carbons (Fsp3) is 0.667. The third kappa shape index (κ3) is 2.68. The second kappa shape index (κ2) is 5.06. The molecule has 1 saturated heterocycles. The predicted octanol–water partition coefficient (Wildman–Crippen LogP) is 2.25. The number of nitrogens with zero attached hydrogens (tertiary/aromatic N) is 2. The van der Waals surface area contributed by atoms with Gasteiger partial charge in [0.1, 0.15) is 5.78 Å². The zero-order valence-corrected chi connectivity index (χ0v) is 10.7. The topological polar surface area (TPSA) is 33.2 Å². The first-order valence-corrected chi connectivity index (χ1v) is 6.67. The zero-order chi connectivity index (χ0) is 11.5. The summed E-state index contributed by atoms with van der Waals surface area (Å²) in [7, 11) is 0. The number of Topliss-reactive ketones (excluding diaryl/α,β-unsaturated/α-hetero) is 1. The third-order valence-corrected chi connectivity index (χ3v) is 4.05. The number of aromatic nitrogens is 1. The molecule has 0 saturated carbocycles. The van der Waals surface area contributed by atoms with Gasteiger partial charge in [0.2, 0.25) is 0 Å². The number of hydrogen-bond acceptors (Lipinski definition) is 4. The summed E-state index contributed by atoms with van der Waals surface area (Å²) in [5.41, 5.74) is 0. The molecule has 0 amide bonds. The van der Waals surface area contributed by atoms with Crippen molar-refractivity contribution in [2.75, 3.05) is 13.1 Å². The van der Waals surface area contributed by atoms with E-state index in [1.165, 1.54) is 4.88 Å². The van der Waals surface area contributed by atoms with Crippen molar-refractivity contribution < 1.29 is 4.79 Å². The van der Waals surface area contributed by atoms with Crippen molar-refractivity contribution in [2.24, 2.45) is 5.92 Å². The largest absolute Gasteiger partial charge is 0.299 e. The zero-order valence-electron chi connectivity index (χ0n) is 9.90. The molecule has 1 aliphatic heterocycles. The molecule has 16 heavy (non-hydrogen) atoms. The van der Waals surface area contributed by atoms with Crippen LogP contribution in [0.15, 0.2) is 6.20 Å². The van der Waals surface area contributed by atoms with Crippen LogP contribution in [0, 0.1) is 12.8 Å². The number of piperidine rings is 1. The Labute approximate surface area is 100 Å². The summed E-state index contributed by atoms with van der Waals surface area (Å²) >= 11 is 1.75. The van der Waals surface area contributed by atoms with Crippen LogP contribution in [0.2, 0.25) is 0 Å². The van der Waals surface area contributed by atoms with Crippen molar-refractivity contribution in [1.82, 2.24) is 9.88 Å². The van der Waals surface area contributed by atoms with E-state index < -0.39 is 0 Å². The number of carbonyl (C=O) groups excluding carboxylic acids is 1. The molecule has 1 aromatic rings. The molecular weight excluding hydrogens is 220 g/mol. The fourth-order valence-corrected chi connectivity index (χ4v) is 3.01. The quantitative estimate of drug-likeness (QED) is 0.810. The molecule has 3 nitrogen and oxygen atoms in total. The normalized spacial score (nSPS) is 22.6. The molecule has 0 aliphatic carbocycles. The molecule has 1 fully saturated rings. The van der Waals surface area contributed by atoms with Gasteiger partial charge in [-0.2, -0.15) is 0 Å². The average molecular weight is 238 g/mol. The van der Waals surface area contributed by atoms with Gasteiger partial charge in [0, 0.05) is 43.0 Å². The minimum atomic E-state index is 0.253. The first kappa shape index (κ1) is 11.7. The highest BCUT2D eigenvalue weighted by atomic mass is 32.1. The Balaban J connectivity index is 1.93. The molecule has 0 radical (unpaired) electrons. The van der Waals surface area contributed by atoms with E-state index in [1.807, 2.05) is 13.1 Å². The highest BCUT2D eigenvalue weighted by Gasteiger charge is 2.25. The lowest BCUT2D eigenvalue weighted by Crippen LogP contribution is -2.39. The average Bonchev–Trinajstić information content (AvgIpc) is 2.67. The van der Waals surface area contributed by atoms with Crippen molar-refractivity contribution in [2.45, 2.75) is 33.2 Å². The number of hydrogen-bond donors (Lipinski definition) is 0. The summed E-state index contributed by atoms with van der Waals surface area (Å²) in [6.45, 7) is 6.92. The van der Waals surface area contributed by atoms with Gasteiger partial charge in [0.05, 0.1) is 5.01 Å². The Morgan fingerprint density at radius 2 is 2.44 bits per heavy atom. The Hall–Kier alpha value is -0.740. The number of ketones is 1. The fourth-order valence-electron chi connectivity index (χ4n) is 2.18. The molecular formula is C12H18N2OS. The monoisotopic (exact) mass is 238 g/mol. The van der Waals surface area contributed by atoms with Gasteiger partial charge < -0.3 is 0 Å². The highest BCUT2D eigenvalue weighted by Crippen LogP contribution is 2.20. The second-order valence-electron chi connectivity index (χ2n) is 4.40. The minimum absolute atomic E-state index is 0.253. The van der Waals surface area contributed by atoms with Crippen molar-refractivity contribution in [1.29, 1.82) is 0 Å². The van der Waals surface area contributed by atoms with Crippen molar-refractivity contribution in [3.05, 3.63) is 16.1 Å². The Morgan fingerprint density at radius 3 is 3.06 bits per heavy atom. The maximum Gasteiger partial charge on any atom is 0.138 e. The van der Waals surface area contributed by atoms with Crippen LogP contribution in [0.25, 0.3) is 0 Å². The van der Waals surface area contributed by atoms with Crippen LogP contribution in [0.4, 0.5) is 0 Å². The summed E-state index contributed by atoms with van der Waals surface area (Å²) in [4.78, 5) is 19.5. The van der Waals surface area contributed by atoms with Crippen molar-refractivity contribution in [3.8, 4) is 0 Å². The minimum Gasteiger partial charge on any atom is -0.299 e. The summed E-state index contributed by atoms with van der Waals surface area (Å²) in [6.07, 6.45) is 3.64. The first-order valence-electron chi connectivity index (χ1n) is 5.85. The van der Waals surface area contributed by atoms with Gasteiger partial charge in [-0.3, -0.25) is 9.69 Å². The smallest absolute Gasteiger partial charge is 0.138 e. The Bertz CT molecular complexity index is 375. The molecule has 0 aromatic carbocycles. The van der Waals surface area contributed by atoms with Crippen LogP contribution in [0.3, 0.4) is 0 Å². The molecule has 1 aromatic heterocycles. The lowest BCUT2D eigenvalue weighted by Gasteiger charge is -2.30. The number of aryl methyl sites for hydroxylation is 1. The van der Waals surface area contributed by atoms with E-state index in [4.69, 9.17) is 0 Å². The number of rotatable bonds is 3. The molecule has 0 N–H and O–H groups in total. The van der Waals surface area contributed by atoms with Gasteiger partial charge >= 0.3 is 0 Å². The van der Waals surface area contributed by atoms with Crippen LogP contribution >= 0.6 is 11.3 Å². The molecule has 1 unspecified atom stereocenters. The number of thiazole rings is 1. The van der Waals surface area contributed by atoms with Gasteiger partial charge in [-0.15, -0.1) is 11.3 Å². The number of carbonyl (C=O) groups is 1.